The van der Waals surface area contributed by atoms with Gasteiger partial charge in [0.2, 0.25) is 11.6 Å². The minimum absolute atomic E-state index is 0.433. The number of aliphatic hydroxyl groups excluding tert-OH is 1. The van der Waals surface area contributed by atoms with Crippen LogP contribution in [-0.2, 0) is 28.4 Å². The Morgan fingerprint density at radius 2 is 1.45 bits per heavy atom. The second-order valence-corrected chi connectivity index (χ2v) is 5.40. The van der Waals surface area contributed by atoms with Gasteiger partial charge in [0.15, 0.2) is 6.29 Å². The van der Waals surface area contributed by atoms with Crippen LogP contribution in [-0.4, -0.2) is 68.7 Å². The summed E-state index contributed by atoms with van der Waals surface area (Å²) in [5, 5.41) is 10.3. The van der Waals surface area contributed by atoms with Crippen molar-refractivity contribution in [3.8, 4) is 0 Å². The number of fused-ring (bicyclic) bond motifs is 1. The Bertz CT molecular complexity index is 334. The zero-order valence-electron chi connectivity index (χ0n) is 12.8. The normalized spacial score (nSPS) is 52.6. The number of hydrogen-bond donors (Lipinski definition) is 1. The summed E-state index contributed by atoms with van der Waals surface area (Å²) in [6.07, 6.45) is -3.16. The lowest BCUT2D eigenvalue weighted by Gasteiger charge is -2.56. The van der Waals surface area contributed by atoms with Crippen LogP contribution in [0.3, 0.4) is 0 Å². The molecule has 0 aromatic heterocycles. The Morgan fingerprint density at radius 1 is 0.950 bits per heavy atom. The fourth-order valence-electron chi connectivity index (χ4n) is 2.64. The molecule has 0 aliphatic carbocycles. The third-order valence-electron chi connectivity index (χ3n) is 4.32. The summed E-state index contributed by atoms with van der Waals surface area (Å²) in [6, 6.07) is 0. The molecule has 0 aromatic carbocycles. The molecular weight excluding hydrogens is 268 g/mol. The molecule has 0 unspecified atom stereocenters. The summed E-state index contributed by atoms with van der Waals surface area (Å²) in [4.78, 5) is 0. The zero-order valence-corrected chi connectivity index (χ0v) is 12.8. The van der Waals surface area contributed by atoms with Gasteiger partial charge in [0.25, 0.3) is 0 Å². The van der Waals surface area contributed by atoms with Gasteiger partial charge in [-0.1, -0.05) is 0 Å². The highest BCUT2D eigenvalue weighted by molar-refractivity contribution is 4.98. The number of methoxy groups -OCH3 is 3. The van der Waals surface area contributed by atoms with Crippen molar-refractivity contribution >= 4 is 0 Å². The van der Waals surface area contributed by atoms with Gasteiger partial charge in [-0.25, -0.2) is 0 Å². The monoisotopic (exact) mass is 292 g/mol. The molecule has 7 heteroatoms. The lowest BCUT2D eigenvalue weighted by molar-refractivity contribution is -0.482. The van der Waals surface area contributed by atoms with Gasteiger partial charge in [-0.2, -0.15) is 0 Å². The Morgan fingerprint density at radius 3 is 1.90 bits per heavy atom. The summed E-state index contributed by atoms with van der Waals surface area (Å²) in [5.74, 6) is -2.30. The van der Waals surface area contributed by atoms with Crippen molar-refractivity contribution in [3.63, 3.8) is 0 Å². The highest BCUT2D eigenvalue weighted by Gasteiger charge is 2.61. The van der Waals surface area contributed by atoms with Crippen molar-refractivity contribution in [3.05, 3.63) is 0 Å². The third kappa shape index (κ3) is 2.27. The molecule has 7 atom stereocenters. The predicted molar refractivity (Wildman–Crippen MR) is 67.9 cm³/mol. The summed E-state index contributed by atoms with van der Waals surface area (Å²) in [6.45, 7) is 5.18. The van der Waals surface area contributed by atoms with Crippen LogP contribution in [0.1, 0.15) is 20.8 Å². The molecule has 2 fully saturated rings. The molecule has 1 N–H and O–H groups in total. The Kier molecular flexibility index (Phi) is 4.42. The van der Waals surface area contributed by atoms with Crippen molar-refractivity contribution in [2.24, 2.45) is 0 Å². The van der Waals surface area contributed by atoms with Gasteiger partial charge >= 0.3 is 0 Å². The van der Waals surface area contributed by atoms with Crippen LogP contribution in [0.15, 0.2) is 0 Å². The smallest absolute Gasteiger partial charge is 0.220 e. The van der Waals surface area contributed by atoms with Gasteiger partial charge in [-0.15, -0.1) is 0 Å². The summed E-state index contributed by atoms with van der Waals surface area (Å²) in [5.41, 5.74) is 0. The average molecular weight is 292 g/mol. The third-order valence-corrected chi connectivity index (χ3v) is 4.32. The van der Waals surface area contributed by atoms with Crippen molar-refractivity contribution in [1.29, 1.82) is 0 Å². The van der Waals surface area contributed by atoms with Crippen LogP contribution < -0.4 is 0 Å². The van der Waals surface area contributed by atoms with Crippen LogP contribution >= 0.6 is 0 Å². The minimum atomic E-state index is -1.15. The first-order valence-electron chi connectivity index (χ1n) is 6.64. The molecule has 2 heterocycles. The maximum atomic E-state index is 10.3. The maximum absolute atomic E-state index is 10.3. The lowest BCUT2D eigenvalue weighted by Crippen LogP contribution is -2.72. The van der Waals surface area contributed by atoms with E-state index in [-0.39, 0.29) is 0 Å². The Balaban J connectivity index is 2.33. The van der Waals surface area contributed by atoms with E-state index in [2.05, 4.69) is 0 Å². The van der Waals surface area contributed by atoms with Crippen LogP contribution in [0.5, 0.6) is 0 Å². The standard InChI is InChI=1S/C13H24O7/c1-7-8(14)9-10(11(15-4)18-7)20-13(3,17-6)12(2,16-5)19-9/h7-11,14H,1-6H3/t7-,8+,9+,10-,11-,12-,13-/m0/s1. The summed E-state index contributed by atoms with van der Waals surface area (Å²) >= 11 is 0. The van der Waals surface area contributed by atoms with Crippen molar-refractivity contribution in [2.45, 2.75) is 63.1 Å². The number of hydrogen-bond acceptors (Lipinski definition) is 7. The van der Waals surface area contributed by atoms with Gasteiger partial charge < -0.3 is 33.5 Å². The SMILES string of the molecule is CO[C@H]1O[C@@H](C)[C@@H](O)[C@H]2O[C@](C)(OC)[C@@](C)(OC)O[C@H]12. The fourth-order valence-corrected chi connectivity index (χ4v) is 2.64. The van der Waals surface area contributed by atoms with Gasteiger partial charge in [0.1, 0.15) is 18.3 Å². The van der Waals surface area contributed by atoms with E-state index < -0.39 is 42.3 Å². The molecule has 0 saturated carbocycles. The van der Waals surface area contributed by atoms with E-state index >= 15 is 0 Å². The van der Waals surface area contributed by atoms with Crippen LogP contribution in [0.4, 0.5) is 0 Å². The molecule has 0 bridgehead atoms. The van der Waals surface area contributed by atoms with Crippen LogP contribution in [0.2, 0.25) is 0 Å². The van der Waals surface area contributed by atoms with Gasteiger partial charge in [0, 0.05) is 21.3 Å². The van der Waals surface area contributed by atoms with Gasteiger partial charge in [-0.05, 0) is 20.8 Å². The highest BCUT2D eigenvalue weighted by Crippen LogP contribution is 2.43. The first-order valence-corrected chi connectivity index (χ1v) is 6.64. The fraction of sp³-hybridized carbons (Fsp3) is 1.00. The molecule has 0 aromatic rings. The minimum Gasteiger partial charge on any atom is -0.388 e. The number of rotatable bonds is 3. The molecule has 2 saturated heterocycles. The topological polar surface area (TPSA) is 75.6 Å². The van der Waals surface area contributed by atoms with Crippen LogP contribution in [0.25, 0.3) is 0 Å². The molecule has 0 amide bonds. The molecule has 2 aliphatic heterocycles. The largest absolute Gasteiger partial charge is 0.388 e. The molecule has 7 nitrogen and oxygen atoms in total. The molecular formula is C13H24O7. The first-order chi connectivity index (χ1) is 9.31. The second kappa shape index (κ2) is 5.49. The first kappa shape index (κ1) is 16.1. The number of ether oxygens (including phenoxy) is 6. The zero-order chi connectivity index (χ0) is 15.1. The molecule has 0 radical (unpaired) electrons. The van der Waals surface area contributed by atoms with E-state index in [4.69, 9.17) is 28.4 Å². The van der Waals surface area contributed by atoms with E-state index in [0.717, 1.165) is 0 Å². The van der Waals surface area contributed by atoms with E-state index in [1.165, 1.54) is 21.3 Å². The van der Waals surface area contributed by atoms with E-state index in [9.17, 15) is 5.11 Å². The molecule has 20 heavy (non-hydrogen) atoms. The maximum Gasteiger partial charge on any atom is 0.220 e. The van der Waals surface area contributed by atoms with Gasteiger partial charge in [0.05, 0.1) is 6.10 Å². The summed E-state index contributed by atoms with van der Waals surface area (Å²) in [7, 11) is 4.53. The quantitative estimate of drug-likeness (QED) is 0.799. The van der Waals surface area contributed by atoms with Crippen molar-refractivity contribution < 1.29 is 33.5 Å². The highest BCUT2D eigenvalue weighted by atomic mass is 16.8. The van der Waals surface area contributed by atoms with Crippen molar-refractivity contribution in [1.82, 2.24) is 0 Å². The van der Waals surface area contributed by atoms with Crippen molar-refractivity contribution in [2.75, 3.05) is 21.3 Å². The molecule has 0 spiro atoms. The molecule has 2 rings (SSSR count). The second-order valence-electron chi connectivity index (χ2n) is 5.40. The molecule has 118 valence electrons. The van der Waals surface area contributed by atoms with E-state index in [0.29, 0.717) is 0 Å². The van der Waals surface area contributed by atoms with E-state index in [1.807, 2.05) is 0 Å². The summed E-state index contributed by atoms with van der Waals surface area (Å²) < 4.78 is 33.7. The number of aliphatic hydroxyl groups is 1. The van der Waals surface area contributed by atoms with Gasteiger partial charge in [-0.3, -0.25) is 0 Å². The van der Waals surface area contributed by atoms with Crippen LogP contribution in [0, 0.1) is 0 Å². The molecule has 2 aliphatic rings. The lowest BCUT2D eigenvalue weighted by atomic mass is 9.95. The Labute approximate surface area is 119 Å². The average Bonchev–Trinajstić information content (AvgIpc) is 2.45. The van der Waals surface area contributed by atoms with E-state index in [1.54, 1.807) is 20.8 Å². The Hall–Kier alpha value is -0.280. The predicted octanol–water partition coefficient (Wildman–Crippen LogP) is 0.248.